The number of aryl methyl sites for hydroxylation is 1. The molecule has 4 fully saturated rings. The van der Waals surface area contributed by atoms with Crippen molar-refractivity contribution < 1.29 is 24.6 Å². The van der Waals surface area contributed by atoms with Crippen molar-refractivity contribution in [3.63, 3.8) is 0 Å². The Hall–Kier alpha value is -5.14. The number of anilines is 2. The van der Waals surface area contributed by atoms with E-state index in [1.807, 2.05) is 55.9 Å². The van der Waals surface area contributed by atoms with Crippen molar-refractivity contribution in [1.82, 2.24) is 45.6 Å². The molecular weight excluding hydrogens is 819 g/mol. The van der Waals surface area contributed by atoms with E-state index in [0.29, 0.717) is 55.3 Å². The lowest BCUT2D eigenvalue weighted by atomic mass is 10.0. The van der Waals surface area contributed by atoms with E-state index in [2.05, 4.69) is 69.7 Å². The minimum absolute atomic E-state index is 0.138. The number of hydroxylamine groups is 2. The predicted octanol–water partition coefficient (Wildman–Crippen LogP) is 3.72. The molecule has 9 rings (SSSR count). The maximum absolute atomic E-state index is 13.4. The third-order valence-electron chi connectivity index (χ3n) is 13.1. The van der Waals surface area contributed by atoms with Gasteiger partial charge in [0.05, 0.1) is 59.4 Å². The Morgan fingerprint density at radius 3 is 2.44 bits per heavy atom. The number of phenols is 1. The molecule has 334 valence electrons. The highest BCUT2D eigenvalue weighted by Crippen LogP contribution is 2.39. The lowest BCUT2D eigenvalue weighted by Gasteiger charge is -2.44. The number of benzene rings is 2. The Labute approximate surface area is 372 Å². The summed E-state index contributed by atoms with van der Waals surface area (Å²) in [5.74, 6) is 0.427. The van der Waals surface area contributed by atoms with Crippen LogP contribution in [0.1, 0.15) is 43.5 Å². The van der Waals surface area contributed by atoms with E-state index in [1.165, 1.54) is 5.70 Å². The highest BCUT2D eigenvalue weighted by molar-refractivity contribution is 7.13. The zero-order valence-corrected chi connectivity index (χ0v) is 36.9. The molecule has 0 spiro atoms. The highest BCUT2D eigenvalue weighted by atomic mass is 32.1. The molecule has 2 aromatic heterocycles. The number of aromatic hydroxyl groups is 1. The van der Waals surface area contributed by atoms with Gasteiger partial charge in [-0.1, -0.05) is 36.4 Å². The minimum atomic E-state index is -0.611. The maximum atomic E-state index is 13.4. The first-order valence-electron chi connectivity index (χ1n) is 22.2. The summed E-state index contributed by atoms with van der Waals surface area (Å²) in [6, 6.07) is 17.3. The first-order valence-corrected chi connectivity index (χ1v) is 23.1. The zero-order chi connectivity index (χ0) is 43.5. The van der Waals surface area contributed by atoms with Gasteiger partial charge in [0, 0.05) is 88.3 Å². The van der Waals surface area contributed by atoms with E-state index in [1.54, 1.807) is 28.5 Å². The molecule has 63 heavy (non-hydrogen) atoms. The van der Waals surface area contributed by atoms with E-state index in [-0.39, 0.29) is 23.9 Å². The molecule has 4 saturated heterocycles. The first kappa shape index (κ1) is 43.1. The van der Waals surface area contributed by atoms with Crippen molar-refractivity contribution in [2.24, 2.45) is 0 Å². The number of phenolic OH excluding ortho intramolecular Hbond substituents is 1. The molecule has 6 N–H and O–H groups in total. The second-order valence-electron chi connectivity index (χ2n) is 17.2. The van der Waals surface area contributed by atoms with Gasteiger partial charge < -0.3 is 41.1 Å². The van der Waals surface area contributed by atoms with Crippen molar-refractivity contribution >= 4 is 28.7 Å². The van der Waals surface area contributed by atoms with E-state index in [4.69, 9.17) is 15.3 Å². The number of nitrogens with one attached hydrogen (secondary N) is 2. The number of carbonyl (C=O) groups is 1. The number of β-amino-alcohol motifs (C(OH)–C–C–N with tert-alkyl or cyclic N) is 1. The number of carbonyl (C=O) groups excluding carboxylic acids is 1. The number of hydrogen-bond donors (Lipinski definition) is 5. The van der Waals surface area contributed by atoms with Crippen LogP contribution in [0, 0.1) is 6.92 Å². The number of ether oxygens (including phenoxy) is 1. The molecule has 16 nitrogen and oxygen atoms in total. The number of dihydropyridines is 1. The van der Waals surface area contributed by atoms with Crippen LogP contribution in [0.25, 0.3) is 21.7 Å². The molecule has 4 aromatic rings. The first-order chi connectivity index (χ1) is 30.7. The second kappa shape index (κ2) is 19.3. The van der Waals surface area contributed by atoms with Gasteiger partial charge in [-0.25, -0.2) is 4.98 Å². The van der Waals surface area contributed by atoms with Crippen LogP contribution in [0.3, 0.4) is 0 Å². The van der Waals surface area contributed by atoms with Crippen LogP contribution in [0.5, 0.6) is 5.75 Å². The number of aliphatic hydroxyl groups is 1. The summed E-state index contributed by atoms with van der Waals surface area (Å²) >= 11 is 1.62. The third-order valence-corrected chi connectivity index (χ3v) is 14.1. The smallest absolute Gasteiger partial charge is 0.240 e. The normalized spacial score (nSPS) is 24.7. The van der Waals surface area contributed by atoms with Crippen molar-refractivity contribution in [2.75, 3.05) is 82.8 Å². The number of aromatic nitrogens is 3. The zero-order valence-electron chi connectivity index (χ0n) is 36.1. The molecule has 1 amide bonds. The number of hydrogen-bond acceptors (Lipinski definition) is 16. The van der Waals surface area contributed by atoms with Crippen molar-refractivity contribution in [2.45, 2.75) is 69.6 Å². The van der Waals surface area contributed by atoms with E-state index >= 15 is 0 Å². The van der Waals surface area contributed by atoms with E-state index < -0.39 is 12.1 Å². The monoisotopic (exact) mass is 877 g/mol. The fourth-order valence-electron chi connectivity index (χ4n) is 9.64. The SMILES string of the molecule is Cc1ncsc1-c1ccc([C@H](C)NC(=O)[C@@H]2C[C@@H](O)CN2OCCN2CCN(CCOC3C=C(N4C5CCC4CN(c4cc(-c6ccccc6O)nnc4N)C5)C=CN3)CC2)cc1. The number of nitrogens with two attached hydrogens (primary N) is 1. The predicted molar refractivity (Wildman–Crippen MR) is 243 cm³/mol. The standard InChI is InChI=1S/C46H59N11O5S/c1-30(32-7-9-33(10-8-32)44-31(2)49-29-63-44)50-46(60)41-24-37(58)28-56(41)62-22-20-54-17-15-53(16-18-54)19-21-61-43-23-34(13-14-48-43)57-35-11-12-36(57)27-55(26-35)40-25-39(51-52-45(40)47)38-5-3-4-6-42(38)59/h3-10,13-14,23,25,29-30,35-37,41,43,48,58-59H,11-12,15-22,24,26-28H2,1-2H3,(H2,47,52)(H,50,60)/t30-,35?,36?,37+,41-,43?/m0/s1. The van der Waals surface area contributed by atoms with Crippen LogP contribution < -0.4 is 21.3 Å². The summed E-state index contributed by atoms with van der Waals surface area (Å²) < 4.78 is 6.36. The topological polar surface area (TPSA) is 181 Å². The van der Waals surface area contributed by atoms with Crippen molar-refractivity contribution in [1.29, 1.82) is 0 Å². The molecule has 0 saturated carbocycles. The second-order valence-corrected chi connectivity index (χ2v) is 18.1. The molecule has 2 aromatic carbocycles. The largest absolute Gasteiger partial charge is 0.507 e. The fourth-order valence-corrected chi connectivity index (χ4v) is 10.4. The number of allylic oxidation sites excluding steroid dienone is 1. The van der Waals surface area contributed by atoms with Gasteiger partial charge in [-0.2, -0.15) is 5.06 Å². The van der Waals surface area contributed by atoms with Crippen molar-refractivity contribution in [3.05, 3.63) is 95.4 Å². The van der Waals surface area contributed by atoms with Gasteiger partial charge in [0.1, 0.15) is 18.0 Å². The molecule has 0 radical (unpaired) electrons. The Bertz CT molecular complexity index is 2250. The Morgan fingerprint density at radius 1 is 1.00 bits per heavy atom. The summed E-state index contributed by atoms with van der Waals surface area (Å²) in [6.07, 6.45) is 8.07. The summed E-state index contributed by atoms with van der Waals surface area (Å²) in [4.78, 5) is 34.8. The van der Waals surface area contributed by atoms with Gasteiger partial charge in [0.15, 0.2) is 5.82 Å². The summed E-state index contributed by atoms with van der Waals surface area (Å²) in [5, 5.41) is 37.6. The molecular formula is C46H59N11O5S. The number of nitrogen functional groups attached to an aromatic ring is 1. The Morgan fingerprint density at radius 2 is 1.73 bits per heavy atom. The van der Waals surface area contributed by atoms with Crippen LogP contribution in [-0.4, -0.2) is 154 Å². The molecule has 3 unspecified atom stereocenters. The Balaban J connectivity index is 0.689. The van der Waals surface area contributed by atoms with Crippen molar-refractivity contribution in [3.8, 4) is 27.4 Å². The van der Waals surface area contributed by atoms with Crippen LogP contribution in [0.4, 0.5) is 11.5 Å². The maximum Gasteiger partial charge on any atom is 0.240 e. The van der Waals surface area contributed by atoms with Gasteiger partial charge in [-0.05, 0) is 68.2 Å². The van der Waals surface area contributed by atoms with Gasteiger partial charge in [0.2, 0.25) is 5.91 Å². The number of piperazine rings is 2. The quantitative estimate of drug-likeness (QED) is 0.117. The summed E-state index contributed by atoms with van der Waals surface area (Å²) in [6.45, 7) is 12.3. The number of amides is 1. The van der Waals surface area contributed by atoms with Crippen LogP contribution in [0.15, 0.2) is 84.2 Å². The average Bonchev–Trinajstić information content (AvgIpc) is 3.98. The lowest BCUT2D eigenvalue weighted by Crippen LogP contribution is -2.53. The lowest BCUT2D eigenvalue weighted by molar-refractivity contribution is -0.181. The van der Waals surface area contributed by atoms with E-state index in [0.717, 1.165) is 92.6 Å². The molecule has 7 heterocycles. The summed E-state index contributed by atoms with van der Waals surface area (Å²) in [5.41, 5.74) is 14.7. The minimum Gasteiger partial charge on any atom is -0.507 e. The van der Waals surface area contributed by atoms with Gasteiger partial charge in [0.25, 0.3) is 0 Å². The Kier molecular flexibility index (Phi) is 13.2. The van der Waals surface area contributed by atoms with Crippen LogP contribution in [-0.2, 0) is 14.4 Å². The molecule has 5 aliphatic heterocycles. The highest BCUT2D eigenvalue weighted by Gasteiger charge is 2.42. The van der Waals surface area contributed by atoms with Gasteiger partial charge in [-0.3, -0.25) is 19.4 Å². The number of aliphatic hydroxyl groups excluding tert-OH is 1. The number of rotatable bonds is 15. The number of nitrogens with zero attached hydrogens (tertiary/aromatic N) is 8. The molecule has 2 bridgehead atoms. The van der Waals surface area contributed by atoms with E-state index in [9.17, 15) is 15.0 Å². The molecule has 5 aliphatic rings. The number of fused-ring (bicyclic) bond motifs is 2. The molecule has 6 atom stereocenters. The average molecular weight is 878 g/mol. The van der Waals surface area contributed by atoms with Crippen LogP contribution >= 0.6 is 11.3 Å². The number of thiazole rings is 1. The molecule has 0 aliphatic carbocycles. The molecule has 17 heteroatoms. The van der Waals surface area contributed by atoms with Gasteiger partial charge in [-0.15, -0.1) is 21.5 Å². The summed E-state index contributed by atoms with van der Waals surface area (Å²) in [7, 11) is 0. The van der Waals surface area contributed by atoms with Crippen LogP contribution in [0.2, 0.25) is 0 Å². The van der Waals surface area contributed by atoms with Gasteiger partial charge >= 0.3 is 0 Å². The number of para-hydroxylation sites is 1. The third kappa shape index (κ3) is 9.84. The fraction of sp³-hybridized carbons (Fsp3) is 0.478.